The lowest BCUT2D eigenvalue weighted by molar-refractivity contribution is -0.717. The Kier molecular flexibility index (Phi) is 7.37. The second-order valence-electron chi connectivity index (χ2n) is 9.59. The zero-order valence-electron chi connectivity index (χ0n) is 21.4. The van der Waals surface area contributed by atoms with Crippen molar-refractivity contribution < 1.29 is 38.1 Å². The minimum absolute atomic E-state index is 0.0653. The molecule has 5 rings (SSSR count). The number of hydrogen-bond donors (Lipinski definition) is 2. The molecular formula is C25H25FN5O7S2+. The molecule has 1 aromatic carbocycles. The number of primary amides is 1. The Balaban J connectivity index is 1.52. The van der Waals surface area contributed by atoms with Crippen LogP contribution < -0.4 is 10.3 Å². The van der Waals surface area contributed by atoms with E-state index < -0.39 is 40.9 Å². The summed E-state index contributed by atoms with van der Waals surface area (Å²) >= 11 is 2.17. The van der Waals surface area contributed by atoms with Gasteiger partial charge in [0.1, 0.15) is 24.5 Å². The summed E-state index contributed by atoms with van der Waals surface area (Å²) in [5.74, 6) is -2.74. The van der Waals surface area contributed by atoms with E-state index in [2.05, 4.69) is 0 Å². The highest BCUT2D eigenvalue weighted by Gasteiger charge is 2.60. The van der Waals surface area contributed by atoms with Crippen LogP contribution >= 0.6 is 23.1 Å². The van der Waals surface area contributed by atoms with Crippen molar-refractivity contribution in [2.24, 2.45) is 17.6 Å². The van der Waals surface area contributed by atoms with Gasteiger partial charge < -0.3 is 20.5 Å². The molecule has 0 unspecified atom stereocenters. The third kappa shape index (κ3) is 4.63. The molecule has 0 saturated carbocycles. The van der Waals surface area contributed by atoms with E-state index in [1.807, 2.05) is 6.92 Å². The van der Waals surface area contributed by atoms with Gasteiger partial charge >= 0.3 is 5.97 Å². The van der Waals surface area contributed by atoms with Gasteiger partial charge in [-0.3, -0.25) is 19.7 Å². The number of nitrogens with zero attached hydrogens (tertiary/aromatic N) is 4. The number of hydrogen-bond acceptors (Lipinski definition) is 9. The van der Waals surface area contributed by atoms with E-state index in [0.29, 0.717) is 25.9 Å². The van der Waals surface area contributed by atoms with Gasteiger partial charge in [0.15, 0.2) is 6.54 Å². The molecule has 2 aliphatic heterocycles. The molecule has 0 aliphatic carbocycles. The lowest BCUT2D eigenvalue weighted by Crippen LogP contribution is -2.63. The van der Waals surface area contributed by atoms with Crippen LogP contribution in [-0.2, 0) is 32.3 Å². The number of thiazole rings is 1. The van der Waals surface area contributed by atoms with Crippen molar-refractivity contribution in [2.75, 3.05) is 6.01 Å². The van der Waals surface area contributed by atoms with E-state index in [4.69, 9.17) is 10.5 Å². The van der Waals surface area contributed by atoms with Crippen LogP contribution in [0.3, 0.4) is 0 Å². The Morgan fingerprint density at radius 1 is 1.35 bits per heavy atom. The molecule has 12 nitrogen and oxygen atoms in total. The number of nitrogens with two attached hydrogens (primary N) is 1. The van der Waals surface area contributed by atoms with Crippen LogP contribution in [-0.4, -0.2) is 55.3 Å². The number of carbonyl (C=O) groups excluding carboxylic acids is 3. The number of esters is 1. The van der Waals surface area contributed by atoms with Crippen LogP contribution in [0.5, 0.6) is 0 Å². The predicted molar refractivity (Wildman–Crippen MR) is 141 cm³/mol. The zero-order chi connectivity index (χ0) is 28.9. The summed E-state index contributed by atoms with van der Waals surface area (Å²) < 4.78 is 22.2. The van der Waals surface area contributed by atoms with Crippen molar-refractivity contribution in [3.63, 3.8) is 0 Å². The van der Waals surface area contributed by atoms with Gasteiger partial charge in [0, 0.05) is 23.6 Å². The number of ether oxygens (including phenoxy) is 1. The maximum absolute atomic E-state index is 13.5. The lowest BCUT2D eigenvalue weighted by atomic mass is 9.77. The molecule has 2 aromatic heterocycles. The number of thioether (sulfide) groups is 1. The van der Waals surface area contributed by atoms with Crippen LogP contribution in [0.15, 0.2) is 47.5 Å². The number of nitro groups is 1. The first-order valence-corrected chi connectivity index (χ1v) is 14.0. The Bertz CT molecular complexity index is 1570. The molecule has 0 radical (unpaired) electrons. The fourth-order valence-electron chi connectivity index (χ4n) is 5.35. The van der Waals surface area contributed by atoms with Gasteiger partial charge in [-0.15, -0.1) is 0 Å². The Morgan fingerprint density at radius 3 is 2.65 bits per heavy atom. The third-order valence-electron chi connectivity index (χ3n) is 7.07. The summed E-state index contributed by atoms with van der Waals surface area (Å²) in [7, 11) is 0. The number of benzene rings is 1. The van der Waals surface area contributed by atoms with Crippen molar-refractivity contribution in [3.8, 4) is 0 Å². The number of carbonyl (C=O) groups is 3. The molecule has 4 heterocycles. The number of aliphatic hydroxyl groups is 1. The van der Waals surface area contributed by atoms with Crippen molar-refractivity contribution in [1.29, 1.82) is 0 Å². The van der Waals surface area contributed by atoms with Crippen molar-refractivity contribution in [1.82, 2.24) is 9.30 Å². The molecule has 210 valence electrons. The monoisotopic (exact) mass is 590 g/mol. The lowest BCUT2D eigenvalue weighted by Gasteiger charge is -2.46. The number of fused-ring (bicyclic) bond motifs is 2. The predicted octanol–water partition coefficient (Wildman–Crippen LogP) is 2.01. The van der Waals surface area contributed by atoms with E-state index in [-0.39, 0.29) is 36.4 Å². The first-order valence-electron chi connectivity index (χ1n) is 12.2. The number of amides is 2. The highest BCUT2D eigenvalue weighted by molar-refractivity contribution is 7.99. The van der Waals surface area contributed by atoms with Crippen LogP contribution in [0, 0.1) is 22.0 Å². The number of aliphatic hydroxyl groups excluding tert-OH is 1. The maximum atomic E-state index is 13.5. The van der Waals surface area contributed by atoms with Gasteiger partial charge in [-0.25, -0.2) is 13.8 Å². The molecule has 4 atom stereocenters. The largest absolute Gasteiger partial charge is 0.456 e. The number of halogens is 1. The highest BCUT2D eigenvalue weighted by atomic mass is 32.2. The minimum Gasteiger partial charge on any atom is -0.456 e. The fraction of sp³-hybridized carbons (Fsp3) is 0.360. The first kappa shape index (κ1) is 27.7. The average molecular weight is 591 g/mol. The van der Waals surface area contributed by atoms with Gasteiger partial charge in [-0.05, 0) is 36.4 Å². The standard InChI is InChI=1S/C25H24FN5O7S2/c1-12-18(16-7-28-11-29(8-17(27)33)23(39-10-26)24(28)40-16)21(30-20(12)19(13(2)32)22(30)34)25(35)38-9-14-3-5-15(6-4-14)31(36)37/h3-7,11-13,19-20,32H,8-10H2,1-2H3,(H-,27,33)/p+1/t12-,13+,19+,20+/m0/s1. The molecule has 2 amide bonds. The third-order valence-corrected chi connectivity index (χ3v) is 9.15. The van der Waals surface area contributed by atoms with E-state index in [9.17, 15) is 34.0 Å². The molecule has 15 heteroatoms. The van der Waals surface area contributed by atoms with Crippen LogP contribution in [0.1, 0.15) is 24.3 Å². The Labute approximate surface area is 235 Å². The van der Waals surface area contributed by atoms with Crippen LogP contribution in [0.4, 0.5) is 10.1 Å². The maximum Gasteiger partial charge on any atom is 0.355 e. The molecule has 3 N–H and O–H groups in total. The quantitative estimate of drug-likeness (QED) is 0.0905. The summed E-state index contributed by atoms with van der Waals surface area (Å²) in [5, 5.41) is 21.7. The van der Waals surface area contributed by atoms with E-state index >= 15 is 0 Å². The Morgan fingerprint density at radius 2 is 2.05 bits per heavy atom. The van der Waals surface area contributed by atoms with Gasteiger partial charge in [-0.1, -0.05) is 18.3 Å². The van der Waals surface area contributed by atoms with E-state index in [0.717, 1.165) is 11.8 Å². The summed E-state index contributed by atoms with van der Waals surface area (Å²) in [6.45, 7) is 3.09. The number of imidazole rings is 1. The SMILES string of the molecule is C[C@@H](O)[C@H]1C(=O)N2C(C(=O)OCc3ccc([N+](=O)[O-])cc3)=C(c3cn4c[n+](CC(N)=O)c(SCF)c4s3)[C@H](C)[C@H]12. The number of nitro benzene ring substituents is 1. The van der Waals surface area contributed by atoms with E-state index in [1.54, 1.807) is 21.5 Å². The summed E-state index contributed by atoms with van der Waals surface area (Å²) in [6, 6.07) is 4.38. The molecular weight excluding hydrogens is 565 g/mol. The smallest absolute Gasteiger partial charge is 0.355 e. The molecule has 3 aromatic rings. The Hall–Kier alpha value is -3.82. The van der Waals surface area contributed by atoms with Crippen molar-refractivity contribution in [3.05, 3.63) is 63.0 Å². The number of non-ortho nitro benzene ring substituents is 1. The second-order valence-corrected chi connectivity index (χ2v) is 11.5. The summed E-state index contributed by atoms with van der Waals surface area (Å²) in [5.41, 5.74) is 6.39. The molecule has 1 saturated heterocycles. The molecule has 1 fully saturated rings. The fourth-order valence-corrected chi connectivity index (χ4v) is 7.44. The molecule has 40 heavy (non-hydrogen) atoms. The summed E-state index contributed by atoms with van der Waals surface area (Å²) in [4.78, 5) is 51.1. The van der Waals surface area contributed by atoms with Gasteiger partial charge in [0.2, 0.25) is 15.8 Å². The normalized spacial score (nSPS) is 20.9. The number of rotatable bonds is 10. The van der Waals surface area contributed by atoms with Gasteiger partial charge in [-0.2, -0.15) is 4.40 Å². The van der Waals surface area contributed by atoms with Gasteiger partial charge in [0.05, 0.1) is 27.9 Å². The van der Waals surface area contributed by atoms with Crippen molar-refractivity contribution >= 4 is 57.0 Å². The second kappa shape index (κ2) is 10.6. The number of alkyl halides is 1. The minimum atomic E-state index is -0.924. The van der Waals surface area contributed by atoms with Crippen molar-refractivity contribution in [2.45, 2.75) is 44.2 Å². The number of β-lactam (4-membered cyclic amide) rings is 1. The molecule has 2 aliphatic rings. The number of aromatic nitrogens is 2. The highest BCUT2D eigenvalue weighted by Crippen LogP contribution is 2.52. The molecule has 0 spiro atoms. The van der Waals surface area contributed by atoms with Crippen LogP contribution in [0.25, 0.3) is 10.4 Å². The van der Waals surface area contributed by atoms with E-state index in [1.165, 1.54) is 47.4 Å². The summed E-state index contributed by atoms with van der Waals surface area (Å²) in [6.07, 6.45) is 2.43. The average Bonchev–Trinajstić information content (AvgIpc) is 3.50. The topological polar surface area (TPSA) is 161 Å². The zero-order valence-corrected chi connectivity index (χ0v) is 23.0. The van der Waals surface area contributed by atoms with Gasteiger partial charge in [0.25, 0.3) is 17.9 Å². The first-order chi connectivity index (χ1) is 19.0. The van der Waals surface area contributed by atoms with Crippen LogP contribution in [0.2, 0.25) is 0 Å². The molecule has 0 bridgehead atoms.